The molecule has 0 aromatic heterocycles. The lowest BCUT2D eigenvalue weighted by molar-refractivity contribution is 0.397. The molecule has 0 unspecified atom stereocenters. The molecule has 1 fully saturated rings. The topological polar surface area (TPSA) is 66.8 Å². The first-order valence-electron chi connectivity index (χ1n) is 5.84. The SMILES string of the molecule is COc1cc(N2CCCC2)c(C)cc1S(=O)(=O)O. The van der Waals surface area contributed by atoms with Gasteiger partial charge in [-0.1, -0.05) is 0 Å². The molecule has 1 aromatic carbocycles. The van der Waals surface area contributed by atoms with Crippen molar-refractivity contribution in [1.82, 2.24) is 0 Å². The number of methoxy groups -OCH3 is 1. The maximum atomic E-state index is 11.3. The predicted octanol–water partition coefficient (Wildman–Crippen LogP) is 1.85. The highest BCUT2D eigenvalue weighted by Gasteiger charge is 2.22. The quantitative estimate of drug-likeness (QED) is 0.850. The zero-order chi connectivity index (χ0) is 13.3. The average molecular weight is 271 g/mol. The Morgan fingerprint density at radius 1 is 1.28 bits per heavy atom. The summed E-state index contributed by atoms with van der Waals surface area (Å²) in [6, 6.07) is 3.14. The normalized spacial score (nSPS) is 16.1. The molecule has 0 atom stereocenters. The lowest BCUT2D eigenvalue weighted by Crippen LogP contribution is -2.19. The number of hydrogen-bond donors (Lipinski definition) is 1. The summed E-state index contributed by atoms with van der Waals surface area (Å²) in [5, 5.41) is 0. The Bertz CT molecular complexity index is 547. The van der Waals surface area contributed by atoms with Crippen LogP contribution in [0.15, 0.2) is 17.0 Å². The fourth-order valence-corrected chi connectivity index (χ4v) is 3.03. The minimum atomic E-state index is -4.25. The van der Waals surface area contributed by atoms with Crippen molar-refractivity contribution in [3.8, 4) is 5.75 Å². The number of aryl methyl sites for hydroxylation is 1. The Balaban J connectivity index is 2.52. The molecule has 2 rings (SSSR count). The molecular formula is C12H17NO4S. The molecule has 0 amide bonds. The van der Waals surface area contributed by atoms with Crippen molar-refractivity contribution >= 4 is 15.8 Å². The van der Waals surface area contributed by atoms with Crippen LogP contribution in [0.3, 0.4) is 0 Å². The minimum Gasteiger partial charge on any atom is -0.495 e. The van der Waals surface area contributed by atoms with Gasteiger partial charge in [-0.3, -0.25) is 4.55 Å². The third-order valence-corrected chi connectivity index (χ3v) is 4.08. The Labute approximate surface area is 107 Å². The highest BCUT2D eigenvalue weighted by atomic mass is 32.2. The van der Waals surface area contributed by atoms with Gasteiger partial charge in [0.15, 0.2) is 0 Å². The van der Waals surface area contributed by atoms with Gasteiger partial charge in [0, 0.05) is 24.8 Å². The Kier molecular flexibility index (Phi) is 3.49. The third kappa shape index (κ3) is 2.44. The average Bonchev–Trinajstić information content (AvgIpc) is 2.81. The molecule has 1 aromatic rings. The van der Waals surface area contributed by atoms with Gasteiger partial charge < -0.3 is 9.64 Å². The zero-order valence-electron chi connectivity index (χ0n) is 10.5. The van der Waals surface area contributed by atoms with Crippen LogP contribution in [-0.2, 0) is 10.1 Å². The van der Waals surface area contributed by atoms with E-state index in [1.165, 1.54) is 13.2 Å². The van der Waals surface area contributed by atoms with E-state index in [0.29, 0.717) is 0 Å². The molecule has 0 saturated carbocycles. The number of nitrogens with zero attached hydrogens (tertiary/aromatic N) is 1. The summed E-state index contributed by atoms with van der Waals surface area (Å²) in [5.74, 6) is 0.185. The number of ether oxygens (including phenoxy) is 1. The van der Waals surface area contributed by atoms with Crippen LogP contribution in [-0.4, -0.2) is 33.2 Å². The first-order chi connectivity index (χ1) is 8.43. The van der Waals surface area contributed by atoms with Gasteiger partial charge in [-0.15, -0.1) is 0 Å². The molecule has 0 radical (unpaired) electrons. The van der Waals surface area contributed by atoms with Crippen LogP contribution < -0.4 is 9.64 Å². The predicted molar refractivity (Wildman–Crippen MR) is 69.0 cm³/mol. The maximum Gasteiger partial charge on any atom is 0.298 e. The molecule has 18 heavy (non-hydrogen) atoms. The van der Waals surface area contributed by atoms with Gasteiger partial charge in [-0.05, 0) is 31.4 Å². The van der Waals surface area contributed by atoms with Crippen molar-refractivity contribution in [2.75, 3.05) is 25.1 Å². The van der Waals surface area contributed by atoms with Crippen LogP contribution in [0, 0.1) is 6.92 Å². The van der Waals surface area contributed by atoms with E-state index in [4.69, 9.17) is 9.29 Å². The van der Waals surface area contributed by atoms with E-state index in [-0.39, 0.29) is 10.6 Å². The van der Waals surface area contributed by atoms with Crippen molar-refractivity contribution in [3.05, 3.63) is 17.7 Å². The van der Waals surface area contributed by atoms with Crippen LogP contribution in [0.2, 0.25) is 0 Å². The van der Waals surface area contributed by atoms with Gasteiger partial charge in [0.25, 0.3) is 10.1 Å². The summed E-state index contributed by atoms with van der Waals surface area (Å²) in [4.78, 5) is 2.02. The van der Waals surface area contributed by atoms with E-state index in [1.807, 2.05) is 6.92 Å². The molecule has 1 saturated heterocycles. The molecule has 0 aliphatic carbocycles. The lowest BCUT2D eigenvalue weighted by atomic mass is 10.1. The Morgan fingerprint density at radius 2 is 1.89 bits per heavy atom. The molecule has 1 aliphatic rings. The second-order valence-corrected chi connectivity index (χ2v) is 5.85. The van der Waals surface area contributed by atoms with Gasteiger partial charge in [0.05, 0.1) is 7.11 Å². The summed E-state index contributed by atoms with van der Waals surface area (Å²) in [6.45, 7) is 3.77. The summed E-state index contributed by atoms with van der Waals surface area (Å²) in [5.41, 5.74) is 1.79. The molecule has 0 spiro atoms. The minimum absolute atomic E-state index is 0.176. The van der Waals surface area contributed by atoms with Gasteiger partial charge in [0.1, 0.15) is 10.6 Å². The summed E-state index contributed by atoms with van der Waals surface area (Å²) in [6.07, 6.45) is 2.28. The van der Waals surface area contributed by atoms with Gasteiger partial charge in [0.2, 0.25) is 0 Å². The van der Waals surface area contributed by atoms with Crippen molar-refractivity contribution in [3.63, 3.8) is 0 Å². The van der Waals surface area contributed by atoms with Crippen molar-refractivity contribution in [2.24, 2.45) is 0 Å². The number of benzene rings is 1. The van der Waals surface area contributed by atoms with Gasteiger partial charge in [-0.2, -0.15) is 8.42 Å². The van der Waals surface area contributed by atoms with E-state index < -0.39 is 10.1 Å². The highest BCUT2D eigenvalue weighted by molar-refractivity contribution is 7.86. The van der Waals surface area contributed by atoms with Gasteiger partial charge >= 0.3 is 0 Å². The van der Waals surface area contributed by atoms with E-state index in [0.717, 1.165) is 37.2 Å². The fourth-order valence-electron chi connectivity index (χ4n) is 2.31. The van der Waals surface area contributed by atoms with E-state index in [1.54, 1.807) is 6.07 Å². The van der Waals surface area contributed by atoms with Crippen molar-refractivity contribution < 1.29 is 17.7 Å². The monoisotopic (exact) mass is 271 g/mol. The lowest BCUT2D eigenvalue weighted by Gasteiger charge is -2.21. The molecule has 100 valence electrons. The van der Waals surface area contributed by atoms with Crippen LogP contribution in [0.1, 0.15) is 18.4 Å². The Hall–Kier alpha value is -1.27. The van der Waals surface area contributed by atoms with Gasteiger partial charge in [-0.25, -0.2) is 0 Å². The van der Waals surface area contributed by atoms with E-state index in [9.17, 15) is 8.42 Å². The summed E-state index contributed by atoms with van der Waals surface area (Å²) >= 11 is 0. The standard InChI is InChI=1S/C12H17NO4S/c1-9-7-12(18(14,15)16)11(17-2)8-10(9)13-5-3-4-6-13/h7-8H,3-6H2,1-2H3,(H,14,15,16). The Morgan fingerprint density at radius 3 is 2.39 bits per heavy atom. The first-order valence-corrected chi connectivity index (χ1v) is 7.28. The molecule has 6 heteroatoms. The molecule has 1 aliphatic heterocycles. The largest absolute Gasteiger partial charge is 0.495 e. The second-order valence-electron chi connectivity index (χ2n) is 4.46. The number of anilines is 1. The molecule has 5 nitrogen and oxygen atoms in total. The van der Waals surface area contributed by atoms with Crippen molar-refractivity contribution in [1.29, 1.82) is 0 Å². The zero-order valence-corrected chi connectivity index (χ0v) is 11.3. The van der Waals surface area contributed by atoms with Crippen LogP contribution >= 0.6 is 0 Å². The molecule has 1 N–H and O–H groups in total. The number of rotatable bonds is 3. The molecule has 0 bridgehead atoms. The van der Waals surface area contributed by atoms with Crippen molar-refractivity contribution in [2.45, 2.75) is 24.7 Å². The molecule has 1 heterocycles. The summed E-state index contributed by atoms with van der Waals surface area (Å²) < 4.78 is 36.7. The fraction of sp³-hybridized carbons (Fsp3) is 0.500. The highest BCUT2D eigenvalue weighted by Crippen LogP contribution is 2.33. The smallest absolute Gasteiger partial charge is 0.298 e. The van der Waals surface area contributed by atoms with Crippen LogP contribution in [0.4, 0.5) is 5.69 Å². The summed E-state index contributed by atoms with van der Waals surface area (Å²) in [7, 11) is -2.86. The van der Waals surface area contributed by atoms with Crippen LogP contribution in [0.5, 0.6) is 5.75 Å². The van der Waals surface area contributed by atoms with E-state index >= 15 is 0 Å². The third-order valence-electron chi connectivity index (χ3n) is 3.21. The van der Waals surface area contributed by atoms with E-state index in [2.05, 4.69) is 4.90 Å². The molecular weight excluding hydrogens is 254 g/mol. The second kappa shape index (κ2) is 4.78. The maximum absolute atomic E-state index is 11.3. The van der Waals surface area contributed by atoms with Crippen LogP contribution in [0.25, 0.3) is 0 Å². The first kappa shape index (κ1) is 13.2. The number of hydrogen-bond acceptors (Lipinski definition) is 4.